The predicted octanol–water partition coefficient (Wildman–Crippen LogP) is 2.65. The number of nitrogens with zero attached hydrogens (tertiary/aromatic N) is 2. The first-order chi connectivity index (χ1) is 9.62. The SMILES string of the molecule is CCCN(CCC)CCc1nc(COC)c(C(=O)O)s1. The van der Waals surface area contributed by atoms with Crippen molar-refractivity contribution in [2.45, 2.75) is 39.7 Å². The maximum Gasteiger partial charge on any atom is 0.347 e. The van der Waals surface area contributed by atoms with Crippen molar-refractivity contribution in [3.8, 4) is 0 Å². The molecule has 1 aromatic heterocycles. The maximum absolute atomic E-state index is 11.2. The van der Waals surface area contributed by atoms with Gasteiger partial charge in [0.15, 0.2) is 0 Å². The maximum atomic E-state index is 11.2. The monoisotopic (exact) mass is 300 g/mol. The molecule has 0 saturated heterocycles. The summed E-state index contributed by atoms with van der Waals surface area (Å²) < 4.78 is 5.01. The number of hydrogen-bond acceptors (Lipinski definition) is 5. The van der Waals surface area contributed by atoms with Gasteiger partial charge in [0.25, 0.3) is 0 Å². The molecule has 0 amide bonds. The third-order valence-electron chi connectivity index (χ3n) is 2.94. The predicted molar refractivity (Wildman–Crippen MR) is 80.5 cm³/mol. The average Bonchev–Trinajstić information content (AvgIpc) is 2.80. The van der Waals surface area contributed by atoms with E-state index in [1.54, 1.807) is 7.11 Å². The van der Waals surface area contributed by atoms with Gasteiger partial charge >= 0.3 is 5.97 Å². The highest BCUT2D eigenvalue weighted by Gasteiger charge is 2.17. The van der Waals surface area contributed by atoms with E-state index in [1.165, 1.54) is 11.3 Å². The summed E-state index contributed by atoms with van der Waals surface area (Å²) in [5, 5.41) is 10.0. The quantitative estimate of drug-likeness (QED) is 0.720. The van der Waals surface area contributed by atoms with Crippen molar-refractivity contribution in [3.05, 3.63) is 15.6 Å². The number of rotatable bonds is 10. The Kier molecular flexibility index (Phi) is 7.72. The molecule has 0 spiro atoms. The molecule has 5 nitrogen and oxygen atoms in total. The second kappa shape index (κ2) is 9.05. The van der Waals surface area contributed by atoms with E-state index in [1.807, 2.05) is 0 Å². The van der Waals surface area contributed by atoms with Gasteiger partial charge in [-0.25, -0.2) is 9.78 Å². The van der Waals surface area contributed by atoms with Crippen molar-refractivity contribution >= 4 is 17.3 Å². The fourth-order valence-corrected chi connectivity index (χ4v) is 3.03. The normalized spacial score (nSPS) is 11.2. The van der Waals surface area contributed by atoms with Crippen LogP contribution in [0.15, 0.2) is 0 Å². The minimum atomic E-state index is -0.917. The average molecular weight is 300 g/mol. The molecule has 0 aliphatic heterocycles. The molecule has 1 heterocycles. The summed E-state index contributed by atoms with van der Waals surface area (Å²) in [5.41, 5.74) is 0.539. The van der Waals surface area contributed by atoms with E-state index in [-0.39, 0.29) is 6.61 Å². The molecule has 0 bridgehead atoms. The highest BCUT2D eigenvalue weighted by atomic mass is 32.1. The fourth-order valence-electron chi connectivity index (χ4n) is 2.13. The first kappa shape index (κ1) is 17.1. The molecule has 0 radical (unpaired) electrons. The molecule has 0 saturated carbocycles. The van der Waals surface area contributed by atoms with Crippen LogP contribution in [0.3, 0.4) is 0 Å². The highest BCUT2D eigenvalue weighted by Crippen LogP contribution is 2.20. The van der Waals surface area contributed by atoms with E-state index >= 15 is 0 Å². The van der Waals surface area contributed by atoms with E-state index in [0.717, 1.165) is 43.9 Å². The summed E-state index contributed by atoms with van der Waals surface area (Å²) in [6.45, 7) is 7.69. The van der Waals surface area contributed by atoms with Crippen LogP contribution in [0.4, 0.5) is 0 Å². The Balaban J connectivity index is 2.67. The summed E-state index contributed by atoms with van der Waals surface area (Å²) in [7, 11) is 1.55. The Morgan fingerprint density at radius 2 is 1.95 bits per heavy atom. The van der Waals surface area contributed by atoms with Gasteiger partial charge in [0.1, 0.15) is 4.88 Å². The lowest BCUT2D eigenvalue weighted by atomic mass is 10.3. The molecule has 20 heavy (non-hydrogen) atoms. The van der Waals surface area contributed by atoms with Gasteiger partial charge in [-0.05, 0) is 25.9 Å². The molecular weight excluding hydrogens is 276 g/mol. The topological polar surface area (TPSA) is 62.7 Å². The lowest BCUT2D eigenvalue weighted by molar-refractivity contribution is 0.0697. The zero-order valence-corrected chi connectivity index (χ0v) is 13.3. The first-order valence-electron chi connectivity index (χ1n) is 7.05. The molecule has 0 unspecified atom stereocenters. The number of hydrogen-bond donors (Lipinski definition) is 1. The van der Waals surface area contributed by atoms with Crippen LogP contribution in [0.25, 0.3) is 0 Å². The summed E-state index contributed by atoms with van der Waals surface area (Å²) >= 11 is 1.27. The zero-order chi connectivity index (χ0) is 15.0. The van der Waals surface area contributed by atoms with Crippen molar-refractivity contribution in [2.24, 2.45) is 0 Å². The fraction of sp³-hybridized carbons (Fsp3) is 0.714. The van der Waals surface area contributed by atoms with Crippen LogP contribution in [0.1, 0.15) is 47.1 Å². The Labute approximate surface area is 124 Å². The third-order valence-corrected chi connectivity index (χ3v) is 4.08. The summed E-state index contributed by atoms with van der Waals surface area (Å²) in [5.74, 6) is -0.917. The van der Waals surface area contributed by atoms with Gasteiger partial charge in [0.2, 0.25) is 0 Å². The largest absolute Gasteiger partial charge is 0.477 e. The van der Waals surface area contributed by atoms with Gasteiger partial charge in [0.05, 0.1) is 17.3 Å². The Morgan fingerprint density at radius 3 is 2.45 bits per heavy atom. The molecule has 1 rings (SSSR count). The number of ether oxygens (including phenoxy) is 1. The molecule has 0 aliphatic carbocycles. The van der Waals surface area contributed by atoms with Crippen LogP contribution in [-0.4, -0.2) is 47.7 Å². The minimum Gasteiger partial charge on any atom is -0.477 e. The lowest BCUT2D eigenvalue weighted by Crippen LogP contribution is -2.27. The van der Waals surface area contributed by atoms with Gasteiger partial charge in [-0.3, -0.25) is 0 Å². The number of carbonyl (C=O) groups is 1. The van der Waals surface area contributed by atoms with Crippen LogP contribution in [0, 0.1) is 0 Å². The van der Waals surface area contributed by atoms with Gasteiger partial charge in [0, 0.05) is 20.1 Å². The number of aromatic carboxylic acids is 1. The van der Waals surface area contributed by atoms with Gasteiger partial charge in [-0.1, -0.05) is 13.8 Å². The van der Waals surface area contributed by atoms with Crippen molar-refractivity contribution in [1.82, 2.24) is 9.88 Å². The molecule has 0 aliphatic rings. The summed E-state index contributed by atoms with van der Waals surface area (Å²) in [4.78, 5) is 18.3. The van der Waals surface area contributed by atoms with E-state index in [4.69, 9.17) is 9.84 Å². The van der Waals surface area contributed by atoms with E-state index in [0.29, 0.717) is 10.6 Å². The first-order valence-corrected chi connectivity index (χ1v) is 7.87. The van der Waals surface area contributed by atoms with Crippen molar-refractivity contribution < 1.29 is 14.6 Å². The molecule has 0 atom stereocenters. The standard InChI is InChI=1S/C14H24N2O3S/c1-4-7-16(8-5-2)9-6-12-15-11(10-19-3)13(20-12)14(17)18/h4-10H2,1-3H3,(H,17,18). The van der Waals surface area contributed by atoms with Crippen LogP contribution in [0.5, 0.6) is 0 Å². The smallest absolute Gasteiger partial charge is 0.347 e. The van der Waals surface area contributed by atoms with Crippen molar-refractivity contribution in [1.29, 1.82) is 0 Å². The Morgan fingerprint density at radius 1 is 1.30 bits per heavy atom. The number of carboxylic acid groups (broad SMARTS) is 1. The van der Waals surface area contributed by atoms with Crippen LogP contribution < -0.4 is 0 Å². The van der Waals surface area contributed by atoms with Crippen molar-refractivity contribution in [3.63, 3.8) is 0 Å². The van der Waals surface area contributed by atoms with Crippen molar-refractivity contribution in [2.75, 3.05) is 26.7 Å². The molecule has 0 aromatic carbocycles. The van der Waals surface area contributed by atoms with Crippen LogP contribution in [-0.2, 0) is 17.8 Å². The van der Waals surface area contributed by atoms with Gasteiger partial charge in [-0.15, -0.1) is 11.3 Å². The molecular formula is C14H24N2O3S. The second-order valence-electron chi connectivity index (χ2n) is 4.71. The van der Waals surface area contributed by atoms with E-state index in [9.17, 15) is 4.79 Å². The third kappa shape index (κ3) is 5.19. The van der Waals surface area contributed by atoms with E-state index in [2.05, 4.69) is 23.7 Å². The van der Waals surface area contributed by atoms with Gasteiger partial charge < -0.3 is 14.7 Å². The number of carboxylic acids is 1. The lowest BCUT2D eigenvalue weighted by Gasteiger charge is -2.19. The van der Waals surface area contributed by atoms with Crippen LogP contribution in [0.2, 0.25) is 0 Å². The molecule has 1 N–H and O–H groups in total. The van der Waals surface area contributed by atoms with E-state index < -0.39 is 5.97 Å². The number of aromatic nitrogens is 1. The van der Waals surface area contributed by atoms with Gasteiger partial charge in [-0.2, -0.15) is 0 Å². The molecule has 1 aromatic rings. The number of methoxy groups -OCH3 is 1. The summed E-state index contributed by atoms with van der Waals surface area (Å²) in [6, 6.07) is 0. The molecule has 114 valence electrons. The molecule has 6 heteroatoms. The zero-order valence-electron chi connectivity index (χ0n) is 12.5. The minimum absolute atomic E-state index is 0.256. The number of thiazole rings is 1. The Bertz CT molecular complexity index is 415. The highest BCUT2D eigenvalue weighted by molar-refractivity contribution is 7.13. The molecule has 0 fully saturated rings. The van der Waals surface area contributed by atoms with Crippen LogP contribution >= 0.6 is 11.3 Å². The second-order valence-corrected chi connectivity index (χ2v) is 5.80. The Hall–Kier alpha value is -0.980. The summed E-state index contributed by atoms with van der Waals surface area (Å²) in [6.07, 6.45) is 3.06.